The zero-order chi connectivity index (χ0) is 27.1. The molecule has 38 heavy (non-hydrogen) atoms. The number of hydrogen-bond acceptors (Lipinski definition) is 4. The summed E-state index contributed by atoms with van der Waals surface area (Å²) in [4.78, 5) is 23.2. The lowest BCUT2D eigenvalue weighted by Crippen LogP contribution is -2.20. The Bertz CT molecular complexity index is 1600. The number of amides is 2. The van der Waals surface area contributed by atoms with Gasteiger partial charge in [-0.3, -0.25) is 4.98 Å². The highest BCUT2D eigenvalue weighted by molar-refractivity contribution is 6.00. The molecule has 0 aliphatic heterocycles. The predicted octanol–water partition coefficient (Wildman–Crippen LogP) is 7.33. The molecule has 0 fully saturated rings. The van der Waals surface area contributed by atoms with E-state index in [0.717, 1.165) is 18.2 Å². The maximum absolute atomic E-state index is 14.7. The third-order valence-electron chi connectivity index (χ3n) is 5.17. The van der Waals surface area contributed by atoms with Gasteiger partial charge in [0.2, 0.25) is 12.2 Å². The summed E-state index contributed by atoms with van der Waals surface area (Å²) in [6.07, 6.45) is 2.01. The molecule has 0 unspecified atom stereocenters. The lowest BCUT2D eigenvalue weighted by Gasteiger charge is -2.13. The van der Waals surface area contributed by atoms with Crippen molar-refractivity contribution in [1.82, 2.24) is 4.98 Å². The highest BCUT2D eigenvalue weighted by Crippen LogP contribution is 2.37. The SMILES string of the molecule is [C-]#[N+]CCCOc1cc2nccc(Oc3ccc(NC(=O)Nc4ccc(F)cc4F)c(F)c3)c2cc1[N+]#[C-]. The van der Waals surface area contributed by atoms with Crippen LogP contribution in [0.5, 0.6) is 17.2 Å². The van der Waals surface area contributed by atoms with E-state index in [1.807, 2.05) is 0 Å². The fourth-order valence-corrected chi connectivity index (χ4v) is 3.41. The molecule has 1 aromatic heterocycles. The molecule has 0 aliphatic rings. The molecular weight excluding hydrogens is 499 g/mol. The number of nitrogens with zero attached hydrogens (tertiary/aromatic N) is 3. The Kier molecular flexibility index (Phi) is 7.89. The van der Waals surface area contributed by atoms with Crippen molar-refractivity contribution < 1.29 is 27.4 Å². The number of pyridine rings is 1. The molecule has 0 atom stereocenters. The molecule has 4 aromatic rings. The summed E-state index contributed by atoms with van der Waals surface area (Å²) < 4.78 is 53.0. The number of hydrogen-bond donors (Lipinski definition) is 2. The Morgan fingerprint density at radius 3 is 2.34 bits per heavy atom. The fraction of sp³-hybridized carbons (Fsp3) is 0.111. The van der Waals surface area contributed by atoms with Crippen LogP contribution in [0.1, 0.15) is 6.42 Å². The summed E-state index contributed by atoms with van der Waals surface area (Å²) >= 11 is 0. The average molecular weight is 517 g/mol. The molecule has 11 heteroatoms. The molecule has 4 rings (SSSR count). The summed E-state index contributed by atoms with van der Waals surface area (Å²) in [6, 6.07) is 10.1. The van der Waals surface area contributed by atoms with Crippen LogP contribution in [0.4, 0.5) is 35.0 Å². The highest BCUT2D eigenvalue weighted by atomic mass is 19.1. The third kappa shape index (κ3) is 6.09. The number of fused-ring (bicyclic) bond motifs is 1. The second-order valence-electron chi connectivity index (χ2n) is 7.79. The molecule has 1 heterocycles. The molecule has 2 amide bonds. The van der Waals surface area contributed by atoms with Gasteiger partial charge in [0, 0.05) is 23.7 Å². The normalized spacial score (nSPS) is 10.3. The van der Waals surface area contributed by atoms with Crippen molar-refractivity contribution in [2.24, 2.45) is 0 Å². The molecule has 0 radical (unpaired) electrons. The van der Waals surface area contributed by atoms with E-state index in [4.69, 9.17) is 22.6 Å². The van der Waals surface area contributed by atoms with Crippen molar-refractivity contribution in [3.63, 3.8) is 0 Å². The van der Waals surface area contributed by atoms with Crippen molar-refractivity contribution in [2.75, 3.05) is 23.8 Å². The maximum atomic E-state index is 14.7. The molecule has 0 spiro atoms. The minimum absolute atomic E-state index is 0.106. The van der Waals surface area contributed by atoms with Gasteiger partial charge in [0.1, 0.15) is 34.7 Å². The van der Waals surface area contributed by atoms with Crippen LogP contribution in [0.25, 0.3) is 20.6 Å². The Morgan fingerprint density at radius 1 is 0.921 bits per heavy atom. The van der Waals surface area contributed by atoms with E-state index in [9.17, 15) is 18.0 Å². The van der Waals surface area contributed by atoms with Gasteiger partial charge in [-0.25, -0.2) is 29.4 Å². The standard InChI is InChI=1S/C27H18F3N5O3/c1-31-9-3-11-37-26-15-23-18(14-24(26)32-2)25(8-10-33-23)38-17-5-7-22(20(30)13-17)35-27(36)34-21-6-4-16(28)12-19(21)29/h4-8,10,12-15H,3,9,11H2,(H2,34,35,36). The first-order chi connectivity index (χ1) is 18.4. The van der Waals surface area contributed by atoms with Gasteiger partial charge in [0.05, 0.1) is 36.5 Å². The molecule has 0 aliphatic carbocycles. The minimum Gasteiger partial charge on any atom is -0.504 e. The van der Waals surface area contributed by atoms with E-state index in [2.05, 4.69) is 25.3 Å². The van der Waals surface area contributed by atoms with Crippen molar-refractivity contribution in [3.05, 3.63) is 101 Å². The summed E-state index contributed by atoms with van der Waals surface area (Å²) in [7, 11) is 0. The average Bonchev–Trinajstić information content (AvgIpc) is 2.89. The number of rotatable bonds is 8. The van der Waals surface area contributed by atoms with Crippen LogP contribution in [0, 0.1) is 30.6 Å². The molecule has 0 saturated heterocycles. The molecular formula is C27H18F3N5O3. The second-order valence-corrected chi connectivity index (χ2v) is 7.79. The molecule has 0 saturated carbocycles. The first kappa shape index (κ1) is 25.8. The quantitative estimate of drug-likeness (QED) is 0.189. The van der Waals surface area contributed by atoms with Crippen LogP contribution in [-0.4, -0.2) is 24.2 Å². The number of ether oxygens (including phenoxy) is 2. The Labute approximate surface area is 215 Å². The maximum Gasteiger partial charge on any atom is 0.323 e. The van der Waals surface area contributed by atoms with Crippen LogP contribution in [0.15, 0.2) is 60.8 Å². The lowest BCUT2D eigenvalue weighted by molar-refractivity contribution is 0.262. The monoisotopic (exact) mass is 517 g/mol. The summed E-state index contributed by atoms with van der Waals surface area (Å²) in [6.45, 7) is 14.9. The van der Waals surface area contributed by atoms with Crippen molar-refractivity contribution in [3.8, 4) is 17.2 Å². The van der Waals surface area contributed by atoms with Gasteiger partial charge in [-0.2, -0.15) is 0 Å². The number of halogens is 3. The van der Waals surface area contributed by atoms with E-state index in [0.29, 0.717) is 41.4 Å². The van der Waals surface area contributed by atoms with Gasteiger partial charge in [-0.15, -0.1) is 0 Å². The highest BCUT2D eigenvalue weighted by Gasteiger charge is 2.14. The van der Waals surface area contributed by atoms with E-state index < -0.39 is 23.5 Å². The molecule has 0 bridgehead atoms. The third-order valence-corrected chi connectivity index (χ3v) is 5.17. The number of anilines is 2. The smallest absolute Gasteiger partial charge is 0.323 e. The van der Waals surface area contributed by atoms with Gasteiger partial charge in [0.25, 0.3) is 0 Å². The predicted molar refractivity (Wildman–Crippen MR) is 135 cm³/mol. The van der Waals surface area contributed by atoms with Gasteiger partial charge in [-0.05, 0) is 42.5 Å². The topological polar surface area (TPSA) is 81.2 Å². The number of benzene rings is 3. The van der Waals surface area contributed by atoms with E-state index in [1.54, 1.807) is 18.2 Å². The van der Waals surface area contributed by atoms with E-state index in [-0.39, 0.29) is 29.4 Å². The van der Waals surface area contributed by atoms with E-state index >= 15 is 0 Å². The zero-order valence-electron chi connectivity index (χ0n) is 19.6. The number of urea groups is 1. The van der Waals surface area contributed by atoms with Crippen LogP contribution in [0.3, 0.4) is 0 Å². The fourth-order valence-electron chi connectivity index (χ4n) is 3.41. The van der Waals surface area contributed by atoms with Crippen LogP contribution in [-0.2, 0) is 0 Å². The van der Waals surface area contributed by atoms with Crippen LogP contribution >= 0.6 is 0 Å². The second kappa shape index (κ2) is 11.6. The number of nitrogens with one attached hydrogen (secondary N) is 2. The molecule has 190 valence electrons. The first-order valence-corrected chi connectivity index (χ1v) is 11.1. The van der Waals surface area contributed by atoms with Crippen LogP contribution in [0.2, 0.25) is 0 Å². The van der Waals surface area contributed by atoms with Gasteiger partial charge in [-0.1, -0.05) is 0 Å². The lowest BCUT2D eigenvalue weighted by atomic mass is 10.1. The van der Waals surface area contributed by atoms with Crippen molar-refractivity contribution in [1.29, 1.82) is 0 Å². The van der Waals surface area contributed by atoms with Crippen molar-refractivity contribution in [2.45, 2.75) is 6.42 Å². The zero-order valence-corrected chi connectivity index (χ0v) is 19.6. The minimum atomic E-state index is -0.978. The van der Waals surface area contributed by atoms with Gasteiger partial charge < -0.3 is 25.0 Å². The molecule has 2 N–H and O–H groups in total. The van der Waals surface area contributed by atoms with E-state index in [1.165, 1.54) is 18.3 Å². The van der Waals surface area contributed by atoms with Gasteiger partial charge >= 0.3 is 6.03 Å². The van der Waals surface area contributed by atoms with Gasteiger partial charge in [0.15, 0.2) is 0 Å². The number of carbonyl (C=O) groups excluding carboxylic acids is 1. The Morgan fingerprint density at radius 2 is 1.66 bits per heavy atom. The number of aromatic nitrogens is 1. The van der Waals surface area contributed by atoms with Crippen LogP contribution < -0.4 is 20.1 Å². The van der Waals surface area contributed by atoms with Crippen molar-refractivity contribution >= 4 is 34.0 Å². The number of carbonyl (C=O) groups is 1. The summed E-state index contributed by atoms with van der Waals surface area (Å²) in [5.74, 6) is -1.86. The Hall–Kier alpha value is -5.29. The Balaban J connectivity index is 1.50. The summed E-state index contributed by atoms with van der Waals surface area (Å²) in [5.41, 5.74) is 0.239. The summed E-state index contributed by atoms with van der Waals surface area (Å²) in [5, 5.41) is 4.93. The molecule has 8 nitrogen and oxygen atoms in total. The molecule has 3 aromatic carbocycles. The largest absolute Gasteiger partial charge is 0.504 e. The first-order valence-electron chi connectivity index (χ1n) is 11.1.